The van der Waals surface area contributed by atoms with E-state index in [9.17, 15) is 14.0 Å². The highest BCUT2D eigenvalue weighted by Crippen LogP contribution is 2.38. The summed E-state index contributed by atoms with van der Waals surface area (Å²) < 4.78 is 18.5. The number of nitrogens with one attached hydrogen (secondary N) is 1. The summed E-state index contributed by atoms with van der Waals surface area (Å²) >= 11 is 0. The van der Waals surface area contributed by atoms with E-state index in [1.807, 2.05) is 0 Å². The Balaban J connectivity index is 1.70. The molecule has 3 rings (SSSR count). The second kappa shape index (κ2) is 6.70. The first-order chi connectivity index (χ1) is 11.5. The fourth-order valence-corrected chi connectivity index (χ4v) is 2.61. The summed E-state index contributed by atoms with van der Waals surface area (Å²) in [6.07, 6.45) is 0.648. The van der Waals surface area contributed by atoms with Crippen molar-refractivity contribution in [3.05, 3.63) is 53.8 Å². The molecule has 0 aromatic heterocycles. The van der Waals surface area contributed by atoms with Crippen molar-refractivity contribution in [1.29, 1.82) is 0 Å². The molecule has 0 aliphatic carbocycles. The van der Waals surface area contributed by atoms with Gasteiger partial charge in [-0.1, -0.05) is 18.2 Å². The smallest absolute Gasteiger partial charge is 0.264 e. The van der Waals surface area contributed by atoms with Crippen molar-refractivity contribution in [2.45, 2.75) is 12.8 Å². The molecule has 5 nitrogen and oxygen atoms in total. The first-order valence-corrected chi connectivity index (χ1v) is 7.61. The SMILES string of the molecule is CN1C(=O)COc2cccc(NC(=O)CCc3cccc(F)c3)c21. The molecule has 0 radical (unpaired) electrons. The van der Waals surface area contributed by atoms with Gasteiger partial charge in [-0.25, -0.2) is 4.39 Å². The van der Waals surface area contributed by atoms with Crippen molar-refractivity contribution < 1.29 is 18.7 Å². The Bertz CT molecular complexity index is 792. The number of benzene rings is 2. The van der Waals surface area contributed by atoms with Crippen LogP contribution in [0.5, 0.6) is 5.75 Å². The molecule has 1 aliphatic heterocycles. The molecular formula is C18H17FN2O3. The van der Waals surface area contributed by atoms with E-state index < -0.39 is 0 Å². The third-order valence-electron chi connectivity index (χ3n) is 3.86. The topological polar surface area (TPSA) is 58.6 Å². The van der Waals surface area contributed by atoms with Gasteiger partial charge >= 0.3 is 0 Å². The van der Waals surface area contributed by atoms with Crippen molar-refractivity contribution in [1.82, 2.24) is 0 Å². The van der Waals surface area contributed by atoms with E-state index in [-0.39, 0.29) is 30.7 Å². The number of ether oxygens (including phenoxy) is 1. The van der Waals surface area contributed by atoms with Crippen molar-refractivity contribution in [3.63, 3.8) is 0 Å². The van der Waals surface area contributed by atoms with E-state index in [1.165, 1.54) is 17.0 Å². The van der Waals surface area contributed by atoms with Gasteiger partial charge in [-0.05, 0) is 36.2 Å². The zero-order valence-electron chi connectivity index (χ0n) is 13.2. The van der Waals surface area contributed by atoms with Gasteiger partial charge in [-0.15, -0.1) is 0 Å². The minimum Gasteiger partial charge on any atom is -0.481 e. The standard InChI is InChI=1S/C18H17FN2O3/c1-21-17(23)11-24-15-7-3-6-14(18(15)21)20-16(22)9-8-12-4-2-5-13(19)10-12/h2-7,10H,8-9,11H2,1H3,(H,20,22). The van der Waals surface area contributed by atoms with Crippen LogP contribution in [0.25, 0.3) is 0 Å². The monoisotopic (exact) mass is 328 g/mol. The van der Waals surface area contributed by atoms with E-state index in [0.29, 0.717) is 23.5 Å². The van der Waals surface area contributed by atoms with Gasteiger partial charge in [-0.2, -0.15) is 0 Å². The Labute approximate surface area is 139 Å². The summed E-state index contributed by atoms with van der Waals surface area (Å²) in [4.78, 5) is 25.5. The van der Waals surface area contributed by atoms with Crippen LogP contribution in [0, 0.1) is 5.82 Å². The van der Waals surface area contributed by atoms with Crippen LogP contribution in [0.3, 0.4) is 0 Å². The number of carbonyl (C=O) groups excluding carboxylic acids is 2. The van der Waals surface area contributed by atoms with Crippen LogP contribution in [-0.2, 0) is 16.0 Å². The Hall–Kier alpha value is -2.89. The lowest BCUT2D eigenvalue weighted by Crippen LogP contribution is -2.36. The number of anilines is 2. The van der Waals surface area contributed by atoms with Crippen LogP contribution in [0.4, 0.5) is 15.8 Å². The Morgan fingerprint density at radius 3 is 2.88 bits per heavy atom. The quantitative estimate of drug-likeness (QED) is 0.939. The largest absolute Gasteiger partial charge is 0.481 e. The maximum atomic E-state index is 13.2. The summed E-state index contributed by atoms with van der Waals surface area (Å²) in [6.45, 7) is -0.0134. The lowest BCUT2D eigenvalue weighted by atomic mass is 10.1. The molecule has 0 saturated carbocycles. The molecule has 0 bridgehead atoms. The molecule has 1 aliphatic rings. The Morgan fingerprint density at radius 1 is 1.29 bits per heavy atom. The third kappa shape index (κ3) is 3.37. The molecule has 1 heterocycles. The minimum atomic E-state index is -0.317. The maximum Gasteiger partial charge on any atom is 0.264 e. The van der Waals surface area contributed by atoms with E-state index >= 15 is 0 Å². The second-order valence-electron chi connectivity index (χ2n) is 5.57. The molecular weight excluding hydrogens is 311 g/mol. The lowest BCUT2D eigenvalue weighted by molar-refractivity contribution is -0.121. The van der Waals surface area contributed by atoms with Gasteiger partial charge < -0.3 is 15.0 Å². The summed E-state index contributed by atoms with van der Waals surface area (Å²) in [5.41, 5.74) is 1.83. The van der Waals surface area contributed by atoms with Gasteiger partial charge in [0.2, 0.25) is 5.91 Å². The highest BCUT2D eigenvalue weighted by Gasteiger charge is 2.25. The molecule has 0 atom stereocenters. The molecule has 6 heteroatoms. The first-order valence-electron chi connectivity index (χ1n) is 7.61. The molecule has 1 N–H and O–H groups in total. The van der Waals surface area contributed by atoms with Crippen LogP contribution >= 0.6 is 0 Å². The predicted molar refractivity (Wildman–Crippen MR) is 88.7 cm³/mol. The van der Waals surface area contributed by atoms with E-state index in [0.717, 1.165) is 5.56 Å². The normalized spacial score (nSPS) is 13.2. The van der Waals surface area contributed by atoms with Crippen LogP contribution in [0.15, 0.2) is 42.5 Å². The molecule has 124 valence electrons. The zero-order chi connectivity index (χ0) is 17.1. The van der Waals surface area contributed by atoms with Crippen molar-refractivity contribution >= 4 is 23.2 Å². The maximum absolute atomic E-state index is 13.2. The molecule has 0 saturated heterocycles. The van der Waals surface area contributed by atoms with Crippen molar-refractivity contribution in [3.8, 4) is 5.75 Å². The number of aryl methyl sites for hydroxylation is 1. The number of amides is 2. The van der Waals surface area contributed by atoms with Gasteiger partial charge in [0.1, 0.15) is 17.3 Å². The van der Waals surface area contributed by atoms with Crippen LogP contribution in [-0.4, -0.2) is 25.5 Å². The first kappa shape index (κ1) is 16.0. The number of para-hydroxylation sites is 1. The number of fused-ring (bicyclic) bond motifs is 1. The van der Waals surface area contributed by atoms with Gasteiger partial charge in [0, 0.05) is 13.5 Å². The minimum absolute atomic E-state index is 0.0134. The Morgan fingerprint density at radius 2 is 2.08 bits per heavy atom. The molecule has 2 amide bonds. The summed E-state index contributed by atoms with van der Waals surface area (Å²) in [7, 11) is 1.64. The number of likely N-dealkylation sites (N-methyl/N-ethyl adjacent to an activating group) is 1. The number of halogens is 1. The van der Waals surface area contributed by atoms with Crippen LogP contribution in [0.2, 0.25) is 0 Å². The van der Waals surface area contributed by atoms with Crippen LogP contribution < -0.4 is 15.0 Å². The Kier molecular flexibility index (Phi) is 4.46. The number of hydrogen-bond acceptors (Lipinski definition) is 3. The third-order valence-corrected chi connectivity index (χ3v) is 3.86. The second-order valence-corrected chi connectivity index (χ2v) is 5.57. The molecule has 0 spiro atoms. The predicted octanol–water partition coefficient (Wildman–Crippen LogP) is 2.75. The number of hydrogen-bond donors (Lipinski definition) is 1. The number of carbonyl (C=O) groups is 2. The average Bonchev–Trinajstić information content (AvgIpc) is 2.57. The van der Waals surface area contributed by atoms with E-state index in [2.05, 4.69) is 5.32 Å². The molecule has 2 aromatic rings. The van der Waals surface area contributed by atoms with Gasteiger partial charge in [0.05, 0.1) is 5.69 Å². The molecule has 0 fully saturated rings. The highest BCUT2D eigenvalue weighted by atomic mass is 19.1. The number of rotatable bonds is 4. The van der Waals surface area contributed by atoms with Gasteiger partial charge in [0.25, 0.3) is 5.91 Å². The lowest BCUT2D eigenvalue weighted by Gasteiger charge is -2.28. The van der Waals surface area contributed by atoms with E-state index in [1.54, 1.807) is 37.4 Å². The summed E-state index contributed by atoms with van der Waals surface area (Å²) in [5.74, 6) is -0.148. The summed E-state index contributed by atoms with van der Waals surface area (Å²) in [6, 6.07) is 11.4. The average molecular weight is 328 g/mol. The fourth-order valence-electron chi connectivity index (χ4n) is 2.61. The van der Waals surface area contributed by atoms with Crippen molar-refractivity contribution in [2.75, 3.05) is 23.9 Å². The van der Waals surface area contributed by atoms with Gasteiger partial charge in [0.15, 0.2) is 6.61 Å². The van der Waals surface area contributed by atoms with Crippen molar-refractivity contribution in [2.24, 2.45) is 0 Å². The number of nitrogens with zero attached hydrogens (tertiary/aromatic N) is 1. The van der Waals surface area contributed by atoms with Crippen LogP contribution in [0.1, 0.15) is 12.0 Å². The highest BCUT2D eigenvalue weighted by molar-refractivity contribution is 6.04. The zero-order valence-corrected chi connectivity index (χ0v) is 13.2. The molecule has 2 aromatic carbocycles. The summed E-state index contributed by atoms with van der Waals surface area (Å²) in [5, 5.41) is 2.80. The van der Waals surface area contributed by atoms with Gasteiger partial charge in [-0.3, -0.25) is 9.59 Å². The fraction of sp³-hybridized carbons (Fsp3) is 0.222. The molecule has 24 heavy (non-hydrogen) atoms. The molecule has 0 unspecified atom stereocenters. The van der Waals surface area contributed by atoms with E-state index in [4.69, 9.17) is 4.74 Å².